The Balaban J connectivity index is 2.03. The highest BCUT2D eigenvalue weighted by Crippen LogP contribution is 2.29. The van der Waals surface area contributed by atoms with Crippen LogP contribution in [0.4, 0.5) is 0 Å². The molecule has 0 aromatic heterocycles. The molecule has 2 atom stereocenters. The summed E-state index contributed by atoms with van der Waals surface area (Å²) in [5.41, 5.74) is 0. The van der Waals surface area contributed by atoms with E-state index in [4.69, 9.17) is 0 Å². The van der Waals surface area contributed by atoms with Gasteiger partial charge < -0.3 is 5.32 Å². The molecule has 0 saturated heterocycles. The summed E-state index contributed by atoms with van der Waals surface area (Å²) in [4.78, 5) is 0. The van der Waals surface area contributed by atoms with E-state index in [1.807, 2.05) is 6.92 Å². The largest absolute Gasteiger partial charge is 0.306 e. The van der Waals surface area contributed by atoms with E-state index in [0.29, 0.717) is 0 Å². The van der Waals surface area contributed by atoms with Crippen molar-refractivity contribution >= 4 is 0 Å². The zero-order valence-electron chi connectivity index (χ0n) is 8.19. The van der Waals surface area contributed by atoms with E-state index in [-0.39, 0.29) is 0 Å². The quantitative estimate of drug-likeness (QED) is 0.498. The molecule has 1 N–H and O–H groups in total. The van der Waals surface area contributed by atoms with Crippen LogP contribution in [0.2, 0.25) is 0 Å². The maximum absolute atomic E-state index is 3.38. The molecule has 1 heteroatoms. The lowest BCUT2D eigenvalue weighted by Gasteiger charge is -2.08. The zero-order chi connectivity index (χ0) is 8.81. The van der Waals surface area contributed by atoms with Crippen molar-refractivity contribution < 1.29 is 0 Å². The van der Waals surface area contributed by atoms with Crippen LogP contribution in [0.3, 0.4) is 0 Å². The zero-order valence-corrected chi connectivity index (χ0v) is 8.19. The van der Waals surface area contributed by atoms with Gasteiger partial charge in [-0.3, -0.25) is 0 Å². The van der Waals surface area contributed by atoms with Gasteiger partial charge >= 0.3 is 0 Å². The minimum Gasteiger partial charge on any atom is -0.306 e. The van der Waals surface area contributed by atoms with Gasteiger partial charge in [0.25, 0.3) is 0 Å². The van der Waals surface area contributed by atoms with Gasteiger partial charge in [0.2, 0.25) is 0 Å². The second-order valence-electron chi connectivity index (χ2n) is 3.84. The molecule has 1 fully saturated rings. The van der Waals surface area contributed by atoms with Crippen molar-refractivity contribution in [1.29, 1.82) is 0 Å². The Bertz CT molecular complexity index is 175. The third-order valence-corrected chi connectivity index (χ3v) is 2.63. The second kappa shape index (κ2) is 5.22. The van der Waals surface area contributed by atoms with Crippen molar-refractivity contribution in [3.05, 3.63) is 0 Å². The maximum atomic E-state index is 3.38. The van der Waals surface area contributed by atoms with E-state index in [0.717, 1.165) is 18.4 Å². The molecule has 0 amide bonds. The summed E-state index contributed by atoms with van der Waals surface area (Å²) in [5.74, 6) is 7.78. The number of hydrogen-bond acceptors (Lipinski definition) is 1. The van der Waals surface area contributed by atoms with Gasteiger partial charge in [-0.25, -0.2) is 0 Å². The van der Waals surface area contributed by atoms with Crippen LogP contribution in [0.5, 0.6) is 0 Å². The standard InChI is InChI=1S/C11H19N/c1-3-4-7-12-9-11-6-5-10(2)8-11/h10-12H,5-9H2,1-2H3. The fourth-order valence-electron chi connectivity index (χ4n) is 1.94. The minimum atomic E-state index is 0.862. The molecule has 1 rings (SSSR count). The average Bonchev–Trinajstić information content (AvgIpc) is 2.45. The highest BCUT2D eigenvalue weighted by Gasteiger charge is 2.20. The fraction of sp³-hybridized carbons (Fsp3) is 0.818. The summed E-state index contributed by atoms with van der Waals surface area (Å²) < 4.78 is 0. The summed E-state index contributed by atoms with van der Waals surface area (Å²) in [7, 11) is 0. The van der Waals surface area contributed by atoms with Crippen LogP contribution in [-0.4, -0.2) is 13.1 Å². The van der Waals surface area contributed by atoms with Gasteiger partial charge in [-0.2, -0.15) is 0 Å². The molecule has 0 aromatic carbocycles. The van der Waals surface area contributed by atoms with Gasteiger partial charge in [-0.15, -0.1) is 5.92 Å². The Kier molecular flexibility index (Phi) is 4.18. The molecule has 68 valence electrons. The molecular weight excluding hydrogens is 146 g/mol. The first kappa shape index (κ1) is 9.61. The SMILES string of the molecule is CC#CCNCC1CCC(C)C1. The third-order valence-electron chi connectivity index (χ3n) is 2.63. The van der Waals surface area contributed by atoms with Crippen LogP contribution in [0.25, 0.3) is 0 Å². The van der Waals surface area contributed by atoms with Crippen LogP contribution in [0, 0.1) is 23.7 Å². The molecule has 0 aliphatic heterocycles. The molecular formula is C11H19N. The van der Waals surface area contributed by atoms with Gasteiger partial charge in [-0.05, 0) is 38.1 Å². The number of hydrogen-bond donors (Lipinski definition) is 1. The monoisotopic (exact) mass is 165 g/mol. The van der Waals surface area contributed by atoms with Crippen molar-refractivity contribution in [2.45, 2.75) is 33.1 Å². The molecule has 0 aromatic rings. The maximum Gasteiger partial charge on any atom is 0.0576 e. The Morgan fingerprint density at radius 2 is 2.25 bits per heavy atom. The predicted octanol–water partition coefficient (Wildman–Crippen LogP) is 2.04. The molecule has 1 aliphatic carbocycles. The molecule has 1 nitrogen and oxygen atoms in total. The molecule has 0 radical (unpaired) electrons. The predicted molar refractivity (Wildman–Crippen MR) is 52.8 cm³/mol. The summed E-state index contributed by atoms with van der Waals surface area (Å²) in [6.07, 6.45) is 4.24. The first-order valence-electron chi connectivity index (χ1n) is 4.93. The van der Waals surface area contributed by atoms with Crippen molar-refractivity contribution in [1.82, 2.24) is 5.32 Å². The lowest BCUT2D eigenvalue weighted by atomic mass is 10.1. The molecule has 1 aliphatic rings. The van der Waals surface area contributed by atoms with Gasteiger partial charge in [0.05, 0.1) is 6.54 Å². The molecule has 1 saturated carbocycles. The van der Waals surface area contributed by atoms with E-state index in [1.165, 1.54) is 25.8 Å². The number of nitrogens with one attached hydrogen (secondary N) is 1. The molecule has 12 heavy (non-hydrogen) atoms. The lowest BCUT2D eigenvalue weighted by molar-refractivity contribution is 0.484. The van der Waals surface area contributed by atoms with E-state index in [2.05, 4.69) is 24.1 Å². The van der Waals surface area contributed by atoms with Crippen molar-refractivity contribution in [3.8, 4) is 11.8 Å². The normalized spacial score (nSPS) is 28.2. The van der Waals surface area contributed by atoms with Gasteiger partial charge in [0, 0.05) is 0 Å². The Morgan fingerprint density at radius 1 is 1.42 bits per heavy atom. The smallest absolute Gasteiger partial charge is 0.0576 e. The summed E-state index contributed by atoms with van der Waals surface area (Å²) in [6, 6.07) is 0. The van der Waals surface area contributed by atoms with E-state index < -0.39 is 0 Å². The van der Waals surface area contributed by atoms with Gasteiger partial charge in [0.1, 0.15) is 0 Å². The summed E-state index contributed by atoms with van der Waals surface area (Å²) in [5, 5.41) is 3.38. The van der Waals surface area contributed by atoms with Crippen molar-refractivity contribution in [2.24, 2.45) is 11.8 Å². The van der Waals surface area contributed by atoms with Crippen LogP contribution in [0.15, 0.2) is 0 Å². The Morgan fingerprint density at radius 3 is 2.83 bits per heavy atom. The lowest BCUT2D eigenvalue weighted by Crippen LogP contribution is -2.21. The van der Waals surface area contributed by atoms with Crippen molar-refractivity contribution in [2.75, 3.05) is 13.1 Å². The second-order valence-corrected chi connectivity index (χ2v) is 3.84. The topological polar surface area (TPSA) is 12.0 Å². The Labute approximate surface area is 75.9 Å². The van der Waals surface area contributed by atoms with Gasteiger partial charge in [0.15, 0.2) is 0 Å². The third kappa shape index (κ3) is 3.28. The van der Waals surface area contributed by atoms with Gasteiger partial charge in [-0.1, -0.05) is 19.3 Å². The summed E-state index contributed by atoms with van der Waals surface area (Å²) >= 11 is 0. The van der Waals surface area contributed by atoms with Crippen molar-refractivity contribution in [3.63, 3.8) is 0 Å². The molecule has 0 heterocycles. The highest BCUT2D eigenvalue weighted by molar-refractivity contribution is 4.97. The van der Waals surface area contributed by atoms with Crippen LogP contribution in [-0.2, 0) is 0 Å². The average molecular weight is 165 g/mol. The van der Waals surface area contributed by atoms with E-state index in [1.54, 1.807) is 0 Å². The molecule has 2 unspecified atom stereocenters. The molecule has 0 spiro atoms. The first-order valence-corrected chi connectivity index (χ1v) is 4.93. The van der Waals surface area contributed by atoms with Crippen LogP contribution < -0.4 is 5.32 Å². The number of rotatable bonds is 3. The van der Waals surface area contributed by atoms with Crippen LogP contribution >= 0.6 is 0 Å². The Hall–Kier alpha value is -0.480. The summed E-state index contributed by atoms with van der Waals surface area (Å²) in [6.45, 7) is 6.27. The van der Waals surface area contributed by atoms with E-state index in [9.17, 15) is 0 Å². The van der Waals surface area contributed by atoms with E-state index >= 15 is 0 Å². The fourth-order valence-corrected chi connectivity index (χ4v) is 1.94. The first-order chi connectivity index (χ1) is 5.83. The minimum absolute atomic E-state index is 0.862. The van der Waals surface area contributed by atoms with Crippen LogP contribution in [0.1, 0.15) is 33.1 Å². The molecule has 0 bridgehead atoms. The highest BCUT2D eigenvalue weighted by atomic mass is 14.8.